The Balaban J connectivity index is 1.63. The highest BCUT2D eigenvalue weighted by molar-refractivity contribution is 5.76. The Morgan fingerprint density at radius 1 is 0.368 bits per heavy atom. The highest BCUT2D eigenvalue weighted by Gasteiger charge is 2.51. The fourth-order valence-corrected chi connectivity index (χ4v) is 13.1. The van der Waals surface area contributed by atoms with Gasteiger partial charge >= 0.3 is 0 Å². The molecule has 2 saturated heterocycles. The second-order valence-electron chi connectivity index (χ2n) is 27.1. The quantitative estimate of drug-likeness (QED) is 0.0259. The molecular formula is C73H143NO13. The Morgan fingerprint density at radius 3 is 0.977 bits per heavy atom. The molecule has 9 N–H and O–H groups in total. The molecule has 0 aliphatic carbocycles. The molecule has 2 heterocycles. The van der Waals surface area contributed by atoms with E-state index >= 15 is 0 Å². The number of unbranched alkanes of at least 4 members (excludes halogenated alkanes) is 51. The van der Waals surface area contributed by atoms with Crippen LogP contribution in [0.25, 0.3) is 0 Å². The minimum absolute atomic E-state index is 0.196. The number of aliphatic hydroxyl groups excluding tert-OH is 8. The highest BCUT2D eigenvalue weighted by Crippen LogP contribution is 2.30. The Kier molecular flexibility index (Phi) is 55.5. The van der Waals surface area contributed by atoms with Crippen molar-refractivity contribution >= 4 is 5.91 Å². The maximum atomic E-state index is 13.4. The van der Waals surface area contributed by atoms with Gasteiger partial charge in [-0.25, -0.2) is 0 Å². The van der Waals surface area contributed by atoms with Gasteiger partial charge in [0.2, 0.25) is 5.91 Å². The van der Waals surface area contributed by atoms with Crippen LogP contribution in [0.4, 0.5) is 0 Å². The minimum atomic E-state index is -1.78. The first-order chi connectivity index (χ1) is 42.6. The van der Waals surface area contributed by atoms with E-state index in [1.165, 1.54) is 289 Å². The van der Waals surface area contributed by atoms with E-state index in [0.29, 0.717) is 12.8 Å². The predicted octanol–water partition coefficient (Wildman–Crippen LogP) is 16.0. The molecule has 0 radical (unpaired) electrons. The molecule has 12 atom stereocenters. The second kappa shape index (κ2) is 58.8. The molecule has 0 bridgehead atoms. The van der Waals surface area contributed by atoms with E-state index in [-0.39, 0.29) is 12.5 Å². The van der Waals surface area contributed by atoms with Crippen LogP contribution in [0.1, 0.15) is 367 Å². The van der Waals surface area contributed by atoms with E-state index in [4.69, 9.17) is 18.9 Å². The summed E-state index contributed by atoms with van der Waals surface area (Å²) in [5.74, 6) is -0.196. The standard InChI is InChI=1S/C73H143NO13/c1-3-5-7-9-11-13-15-17-19-21-23-25-27-29-30-31-32-33-34-36-38-40-42-44-46-48-50-52-54-56-62(77)61(60-84-72-70(83)68(81)71(64(59-76)86-72)87-73-69(82)67(80)66(79)63(58-75)85-73)74-65(78)57-55-53-51-49-47-45-43-41-39-37-35-28-26-24-22-20-18-16-14-12-10-8-6-4-2/h61-64,66-73,75-77,79-83H,3-60H2,1-2H3,(H,74,78). The molecule has 0 aromatic carbocycles. The maximum Gasteiger partial charge on any atom is 0.220 e. The summed E-state index contributed by atoms with van der Waals surface area (Å²) in [6.07, 6.45) is 54.2. The number of hydrogen-bond donors (Lipinski definition) is 9. The Bertz CT molecular complexity index is 1460. The fraction of sp³-hybridized carbons (Fsp3) is 0.986. The zero-order valence-corrected chi connectivity index (χ0v) is 56.6. The molecule has 14 heteroatoms. The lowest BCUT2D eigenvalue weighted by Crippen LogP contribution is -2.65. The lowest BCUT2D eigenvalue weighted by Gasteiger charge is -2.46. The summed E-state index contributed by atoms with van der Waals surface area (Å²) in [5.41, 5.74) is 0. The summed E-state index contributed by atoms with van der Waals surface area (Å²) < 4.78 is 23.0. The summed E-state index contributed by atoms with van der Waals surface area (Å²) >= 11 is 0. The lowest BCUT2D eigenvalue weighted by atomic mass is 9.97. The molecule has 518 valence electrons. The molecule has 2 fully saturated rings. The van der Waals surface area contributed by atoms with Crippen molar-refractivity contribution in [1.29, 1.82) is 0 Å². The van der Waals surface area contributed by atoms with Crippen LogP contribution in [-0.2, 0) is 23.7 Å². The van der Waals surface area contributed by atoms with E-state index in [1.54, 1.807) is 0 Å². The first kappa shape index (κ1) is 82.1. The van der Waals surface area contributed by atoms with Crippen LogP contribution in [0.15, 0.2) is 0 Å². The van der Waals surface area contributed by atoms with E-state index in [1.807, 2.05) is 0 Å². The van der Waals surface area contributed by atoms with Crippen molar-refractivity contribution < 1.29 is 64.6 Å². The molecule has 87 heavy (non-hydrogen) atoms. The third kappa shape index (κ3) is 42.8. The summed E-state index contributed by atoms with van der Waals surface area (Å²) in [6.45, 7) is 2.94. The van der Waals surface area contributed by atoms with Crippen LogP contribution >= 0.6 is 0 Å². The van der Waals surface area contributed by atoms with Gasteiger partial charge in [-0.3, -0.25) is 4.79 Å². The van der Waals surface area contributed by atoms with Gasteiger partial charge in [-0.2, -0.15) is 0 Å². The summed E-state index contributed by atoms with van der Waals surface area (Å²) in [5, 5.41) is 87.7. The molecule has 0 saturated carbocycles. The lowest BCUT2D eigenvalue weighted by molar-refractivity contribution is -0.359. The molecule has 0 aromatic rings. The number of rotatable bonds is 64. The number of ether oxygens (including phenoxy) is 4. The van der Waals surface area contributed by atoms with Gasteiger partial charge in [-0.1, -0.05) is 348 Å². The van der Waals surface area contributed by atoms with Crippen molar-refractivity contribution in [2.24, 2.45) is 0 Å². The molecule has 14 nitrogen and oxygen atoms in total. The van der Waals surface area contributed by atoms with Gasteiger partial charge in [0.1, 0.15) is 48.8 Å². The third-order valence-corrected chi connectivity index (χ3v) is 19.1. The van der Waals surface area contributed by atoms with Gasteiger partial charge in [-0.05, 0) is 12.8 Å². The fourth-order valence-electron chi connectivity index (χ4n) is 13.1. The van der Waals surface area contributed by atoms with Gasteiger partial charge in [0.25, 0.3) is 0 Å². The molecule has 2 aliphatic heterocycles. The van der Waals surface area contributed by atoms with Crippen molar-refractivity contribution in [3.8, 4) is 0 Å². The Hall–Kier alpha value is -1.01. The Labute approximate surface area is 534 Å². The first-order valence-electron chi connectivity index (χ1n) is 37.8. The van der Waals surface area contributed by atoms with Gasteiger partial charge in [0.15, 0.2) is 12.6 Å². The van der Waals surface area contributed by atoms with Crippen LogP contribution in [0.2, 0.25) is 0 Å². The molecule has 0 spiro atoms. The van der Waals surface area contributed by atoms with Crippen LogP contribution in [0, 0.1) is 0 Å². The third-order valence-electron chi connectivity index (χ3n) is 19.1. The van der Waals surface area contributed by atoms with Crippen molar-refractivity contribution in [3.63, 3.8) is 0 Å². The molecular weight excluding hydrogens is 1100 g/mol. The number of aliphatic hydroxyl groups is 8. The monoisotopic (exact) mass is 1240 g/mol. The van der Waals surface area contributed by atoms with E-state index in [2.05, 4.69) is 19.2 Å². The van der Waals surface area contributed by atoms with Crippen LogP contribution in [0.3, 0.4) is 0 Å². The van der Waals surface area contributed by atoms with Crippen LogP contribution < -0.4 is 5.32 Å². The average Bonchev–Trinajstić information content (AvgIpc) is 2.55. The van der Waals surface area contributed by atoms with Crippen LogP contribution in [0.5, 0.6) is 0 Å². The van der Waals surface area contributed by atoms with Crippen molar-refractivity contribution in [1.82, 2.24) is 5.32 Å². The Morgan fingerprint density at radius 2 is 0.655 bits per heavy atom. The van der Waals surface area contributed by atoms with Gasteiger partial charge < -0.3 is 65.1 Å². The second-order valence-corrected chi connectivity index (χ2v) is 27.1. The predicted molar refractivity (Wildman–Crippen MR) is 356 cm³/mol. The van der Waals surface area contributed by atoms with Gasteiger partial charge in [0.05, 0.1) is 32.0 Å². The van der Waals surface area contributed by atoms with E-state index in [0.717, 1.165) is 51.4 Å². The number of nitrogens with one attached hydrogen (secondary N) is 1. The number of carbonyl (C=O) groups is 1. The van der Waals surface area contributed by atoms with Crippen molar-refractivity contribution in [2.45, 2.75) is 441 Å². The van der Waals surface area contributed by atoms with Gasteiger partial charge in [-0.15, -0.1) is 0 Å². The smallest absolute Gasteiger partial charge is 0.220 e. The van der Waals surface area contributed by atoms with Gasteiger partial charge in [0, 0.05) is 6.42 Å². The summed E-state index contributed by atoms with van der Waals surface area (Å²) in [7, 11) is 0. The summed E-state index contributed by atoms with van der Waals surface area (Å²) in [6, 6.07) is -0.825. The normalized spacial score (nSPS) is 23.1. The number of hydrogen-bond acceptors (Lipinski definition) is 13. The molecule has 2 rings (SSSR count). The summed E-state index contributed by atoms with van der Waals surface area (Å²) in [4.78, 5) is 13.4. The maximum absolute atomic E-state index is 13.4. The van der Waals surface area contributed by atoms with E-state index < -0.39 is 86.8 Å². The van der Waals surface area contributed by atoms with E-state index in [9.17, 15) is 45.6 Å². The highest BCUT2D eigenvalue weighted by atomic mass is 16.7. The zero-order chi connectivity index (χ0) is 63.1. The SMILES string of the molecule is CCCCCCCCCCCCCCCCCCCCCCCCCCCCCCCC(O)C(COC1OC(CO)C(OC2OC(CO)C(O)C(O)C2O)C(O)C1O)NC(=O)CCCCCCCCCCCCCCCCCCCCCCCCCC. The number of amides is 1. The number of carbonyl (C=O) groups excluding carboxylic acids is 1. The topological polar surface area (TPSA) is 228 Å². The van der Waals surface area contributed by atoms with Crippen LogP contribution in [-0.4, -0.2) is 140 Å². The molecule has 1 amide bonds. The van der Waals surface area contributed by atoms with Crippen molar-refractivity contribution in [3.05, 3.63) is 0 Å². The zero-order valence-electron chi connectivity index (χ0n) is 56.6. The van der Waals surface area contributed by atoms with Crippen molar-refractivity contribution in [2.75, 3.05) is 19.8 Å². The molecule has 0 aromatic heterocycles. The average molecular weight is 1240 g/mol. The minimum Gasteiger partial charge on any atom is -0.394 e. The largest absolute Gasteiger partial charge is 0.394 e. The first-order valence-corrected chi connectivity index (χ1v) is 37.8. The molecule has 12 unspecified atom stereocenters. The molecule has 2 aliphatic rings.